The molecule has 0 bridgehead atoms. The summed E-state index contributed by atoms with van der Waals surface area (Å²) in [6, 6.07) is 4.64. The van der Waals surface area contributed by atoms with Crippen LogP contribution in [0.25, 0.3) is 0 Å². The quantitative estimate of drug-likeness (QED) is 0.823. The van der Waals surface area contributed by atoms with Gasteiger partial charge in [-0.3, -0.25) is 9.59 Å². The average Bonchev–Trinajstić information content (AvgIpc) is 2.49. The van der Waals surface area contributed by atoms with Crippen molar-refractivity contribution >= 4 is 17.6 Å². The standard InChI is InChI=1S/C13H16N2O4/c1-15-10-6-8(3-5-12(16)17)2-4-11(10)19-7-9(14)13(15)18/h2,4,6,9H,3,5,7,14H2,1H3,(H,16,17). The number of rotatable bonds is 3. The van der Waals surface area contributed by atoms with Gasteiger partial charge in [0, 0.05) is 13.5 Å². The number of hydrogen-bond donors (Lipinski definition) is 2. The van der Waals surface area contributed by atoms with Crippen LogP contribution in [-0.2, 0) is 16.0 Å². The van der Waals surface area contributed by atoms with E-state index < -0.39 is 12.0 Å². The van der Waals surface area contributed by atoms with Crippen LogP contribution in [0.3, 0.4) is 0 Å². The van der Waals surface area contributed by atoms with Gasteiger partial charge >= 0.3 is 5.97 Å². The second-order valence-electron chi connectivity index (χ2n) is 4.51. The van der Waals surface area contributed by atoms with Crippen LogP contribution >= 0.6 is 0 Å². The summed E-state index contributed by atoms with van der Waals surface area (Å²) in [6.45, 7) is 0.143. The van der Waals surface area contributed by atoms with Crippen LogP contribution in [0.5, 0.6) is 5.75 Å². The predicted molar refractivity (Wildman–Crippen MR) is 69.3 cm³/mol. The Kier molecular flexibility index (Phi) is 3.71. The number of aryl methyl sites for hydroxylation is 1. The number of amides is 1. The largest absolute Gasteiger partial charge is 0.489 e. The molecule has 1 aromatic rings. The molecule has 1 heterocycles. The monoisotopic (exact) mass is 264 g/mol. The second kappa shape index (κ2) is 5.27. The van der Waals surface area contributed by atoms with Gasteiger partial charge in [-0.2, -0.15) is 0 Å². The fourth-order valence-corrected chi connectivity index (χ4v) is 1.97. The van der Waals surface area contributed by atoms with Gasteiger partial charge in [-0.05, 0) is 24.1 Å². The SMILES string of the molecule is CN1C(=O)C(N)COc2ccc(CCC(=O)O)cc21. The molecule has 3 N–H and O–H groups in total. The number of nitrogens with two attached hydrogens (primary N) is 1. The number of benzene rings is 1. The molecule has 0 saturated heterocycles. The lowest BCUT2D eigenvalue weighted by molar-refractivity contribution is -0.137. The number of anilines is 1. The molecule has 1 aliphatic heterocycles. The van der Waals surface area contributed by atoms with Crippen molar-refractivity contribution in [3.05, 3.63) is 23.8 Å². The molecular formula is C13H16N2O4. The fourth-order valence-electron chi connectivity index (χ4n) is 1.97. The Labute approximate surface area is 110 Å². The zero-order valence-electron chi connectivity index (χ0n) is 10.6. The number of hydrogen-bond acceptors (Lipinski definition) is 4. The minimum absolute atomic E-state index is 0.0524. The van der Waals surface area contributed by atoms with Gasteiger partial charge in [0.2, 0.25) is 5.91 Å². The van der Waals surface area contributed by atoms with E-state index in [4.69, 9.17) is 15.6 Å². The van der Waals surface area contributed by atoms with E-state index in [-0.39, 0.29) is 18.9 Å². The molecule has 1 atom stereocenters. The maximum Gasteiger partial charge on any atom is 0.303 e. The number of aliphatic carboxylic acids is 1. The summed E-state index contributed by atoms with van der Waals surface area (Å²) in [6.07, 6.45) is 0.466. The highest BCUT2D eigenvalue weighted by molar-refractivity contribution is 5.98. The van der Waals surface area contributed by atoms with Crippen molar-refractivity contribution in [3.63, 3.8) is 0 Å². The van der Waals surface area contributed by atoms with Crippen molar-refractivity contribution in [2.75, 3.05) is 18.6 Å². The van der Waals surface area contributed by atoms with Gasteiger partial charge in [0.1, 0.15) is 18.4 Å². The Balaban J connectivity index is 2.28. The van der Waals surface area contributed by atoms with Gasteiger partial charge in [0.15, 0.2) is 0 Å². The van der Waals surface area contributed by atoms with Gasteiger partial charge < -0.3 is 20.5 Å². The molecule has 6 heteroatoms. The number of carboxylic acid groups (broad SMARTS) is 1. The zero-order chi connectivity index (χ0) is 14.0. The number of nitrogens with zero attached hydrogens (tertiary/aromatic N) is 1. The smallest absolute Gasteiger partial charge is 0.303 e. The van der Waals surface area contributed by atoms with Crippen molar-refractivity contribution in [3.8, 4) is 5.75 Å². The Hall–Kier alpha value is -2.08. The number of carbonyl (C=O) groups excluding carboxylic acids is 1. The molecule has 2 rings (SSSR count). The Morgan fingerprint density at radius 3 is 3.00 bits per heavy atom. The number of fused-ring (bicyclic) bond motifs is 1. The van der Waals surface area contributed by atoms with Crippen LogP contribution < -0.4 is 15.4 Å². The highest BCUT2D eigenvalue weighted by Crippen LogP contribution is 2.31. The summed E-state index contributed by atoms with van der Waals surface area (Å²) < 4.78 is 5.48. The molecule has 102 valence electrons. The third-order valence-electron chi connectivity index (χ3n) is 3.08. The highest BCUT2D eigenvalue weighted by atomic mass is 16.5. The van der Waals surface area contributed by atoms with E-state index in [9.17, 15) is 9.59 Å². The average molecular weight is 264 g/mol. The molecule has 1 aliphatic rings. The van der Waals surface area contributed by atoms with Gasteiger partial charge in [0.25, 0.3) is 0 Å². The van der Waals surface area contributed by atoms with Crippen molar-refractivity contribution < 1.29 is 19.4 Å². The molecule has 0 aromatic heterocycles. The first kappa shape index (κ1) is 13.4. The minimum atomic E-state index is -0.849. The molecule has 0 fully saturated rings. The van der Waals surface area contributed by atoms with Crippen molar-refractivity contribution in [2.24, 2.45) is 5.73 Å². The third kappa shape index (κ3) is 2.85. The molecule has 19 heavy (non-hydrogen) atoms. The van der Waals surface area contributed by atoms with E-state index in [1.54, 1.807) is 25.2 Å². The van der Waals surface area contributed by atoms with E-state index in [0.717, 1.165) is 5.56 Å². The van der Waals surface area contributed by atoms with Crippen molar-refractivity contribution in [1.82, 2.24) is 0 Å². The predicted octanol–water partition coefficient (Wildman–Crippen LogP) is 0.386. The lowest BCUT2D eigenvalue weighted by Gasteiger charge is -2.18. The van der Waals surface area contributed by atoms with Gasteiger partial charge in [-0.15, -0.1) is 0 Å². The molecule has 1 aromatic carbocycles. The molecule has 1 unspecified atom stereocenters. The molecule has 0 saturated carbocycles. The first-order valence-corrected chi connectivity index (χ1v) is 5.99. The fraction of sp³-hybridized carbons (Fsp3) is 0.385. The van der Waals surface area contributed by atoms with E-state index in [0.29, 0.717) is 17.9 Å². The number of carboxylic acids is 1. The Morgan fingerprint density at radius 2 is 2.32 bits per heavy atom. The molecule has 6 nitrogen and oxygen atoms in total. The highest BCUT2D eigenvalue weighted by Gasteiger charge is 2.26. The maximum atomic E-state index is 11.9. The van der Waals surface area contributed by atoms with Gasteiger partial charge in [-0.25, -0.2) is 0 Å². The molecule has 0 radical (unpaired) electrons. The van der Waals surface area contributed by atoms with E-state index >= 15 is 0 Å². The van der Waals surface area contributed by atoms with Gasteiger partial charge in [-0.1, -0.05) is 6.07 Å². The summed E-state index contributed by atoms with van der Waals surface area (Å²) in [7, 11) is 1.64. The summed E-state index contributed by atoms with van der Waals surface area (Å²) in [5, 5.41) is 8.68. The topological polar surface area (TPSA) is 92.9 Å². The summed E-state index contributed by atoms with van der Waals surface area (Å²) in [5.41, 5.74) is 7.16. The normalized spacial score (nSPS) is 18.5. The maximum absolute atomic E-state index is 11.9. The molecule has 1 amide bonds. The van der Waals surface area contributed by atoms with Crippen LogP contribution in [0, 0.1) is 0 Å². The number of likely N-dealkylation sites (N-methyl/N-ethyl adjacent to an activating group) is 1. The van der Waals surface area contributed by atoms with Crippen LogP contribution in [0.15, 0.2) is 18.2 Å². The van der Waals surface area contributed by atoms with Crippen LogP contribution in [0.1, 0.15) is 12.0 Å². The number of carbonyl (C=O) groups is 2. The van der Waals surface area contributed by atoms with Crippen molar-refractivity contribution in [1.29, 1.82) is 0 Å². The Morgan fingerprint density at radius 1 is 1.58 bits per heavy atom. The number of ether oxygens (including phenoxy) is 1. The molecular weight excluding hydrogens is 248 g/mol. The first-order chi connectivity index (χ1) is 8.99. The van der Waals surface area contributed by atoms with Gasteiger partial charge in [0.05, 0.1) is 5.69 Å². The second-order valence-corrected chi connectivity index (χ2v) is 4.51. The minimum Gasteiger partial charge on any atom is -0.489 e. The lowest BCUT2D eigenvalue weighted by Crippen LogP contribution is -2.43. The van der Waals surface area contributed by atoms with E-state index in [1.165, 1.54) is 4.90 Å². The van der Waals surface area contributed by atoms with Crippen LogP contribution in [0.2, 0.25) is 0 Å². The first-order valence-electron chi connectivity index (χ1n) is 5.99. The Bertz CT molecular complexity index is 515. The molecule has 0 spiro atoms. The molecule has 0 aliphatic carbocycles. The zero-order valence-corrected chi connectivity index (χ0v) is 10.6. The van der Waals surface area contributed by atoms with E-state index in [2.05, 4.69) is 0 Å². The van der Waals surface area contributed by atoms with Crippen LogP contribution in [-0.4, -0.2) is 36.7 Å². The van der Waals surface area contributed by atoms with E-state index in [1.807, 2.05) is 0 Å². The third-order valence-corrected chi connectivity index (χ3v) is 3.08. The van der Waals surface area contributed by atoms with Crippen LogP contribution in [0.4, 0.5) is 5.69 Å². The lowest BCUT2D eigenvalue weighted by atomic mass is 10.1. The van der Waals surface area contributed by atoms with Crippen molar-refractivity contribution in [2.45, 2.75) is 18.9 Å². The summed E-state index contributed by atoms with van der Waals surface area (Å²) in [5.74, 6) is -0.477. The summed E-state index contributed by atoms with van der Waals surface area (Å²) >= 11 is 0. The summed E-state index contributed by atoms with van der Waals surface area (Å²) in [4.78, 5) is 23.9.